The van der Waals surface area contributed by atoms with Crippen molar-refractivity contribution in [1.82, 2.24) is 24.5 Å². The van der Waals surface area contributed by atoms with Crippen molar-refractivity contribution in [2.75, 3.05) is 6.54 Å². The molecular weight excluding hydrogens is 521 g/mol. The summed E-state index contributed by atoms with van der Waals surface area (Å²) in [6.07, 6.45) is 9.28. The molecule has 1 saturated carbocycles. The Morgan fingerprint density at radius 3 is 2.66 bits per heavy atom. The Balaban J connectivity index is 1.34. The van der Waals surface area contributed by atoms with E-state index in [0.29, 0.717) is 23.4 Å². The fourth-order valence-corrected chi connectivity index (χ4v) is 6.39. The van der Waals surface area contributed by atoms with Gasteiger partial charge in [-0.2, -0.15) is 0 Å². The standard InChI is InChI=1S/C32H34FN5O3/c1-3-8-21-10-4-5-15-38(21)31(39)24-13-7-12-23(29(24)33)20-9-6-11-22(17-20)37-16-14-25(32(40)41)30(37)27-18-26(27)28-19-36(2)35-34-28/h6-7,9,11-14,16-17,19,21,26-27H,3-5,8,10,15,18H2,1-2H3,(H,40,41)/t21-,26?,27?/m1/s1. The molecule has 0 bridgehead atoms. The third kappa shape index (κ3) is 5.05. The number of halogens is 1. The van der Waals surface area contributed by atoms with Gasteiger partial charge in [0.15, 0.2) is 0 Å². The van der Waals surface area contributed by atoms with E-state index in [1.54, 1.807) is 35.1 Å². The van der Waals surface area contributed by atoms with Crippen LogP contribution in [-0.4, -0.2) is 54.0 Å². The molecule has 212 valence electrons. The summed E-state index contributed by atoms with van der Waals surface area (Å²) in [6.45, 7) is 2.77. The summed E-state index contributed by atoms with van der Waals surface area (Å²) in [5.74, 6) is -1.70. The van der Waals surface area contributed by atoms with Crippen molar-refractivity contribution in [1.29, 1.82) is 0 Å². The molecule has 2 aliphatic rings. The quantitative estimate of drug-likeness (QED) is 0.280. The van der Waals surface area contributed by atoms with Gasteiger partial charge in [0.25, 0.3) is 5.91 Å². The predicted octanol–water partition coefficient (Wildman–Crippen LogP) is 6.18. The minimum absolute atomic E-state index is 0.0187. The van der Waals surface area contributed by atoms with Gasteiger partial charge in [0.05, 0.1) is 16.8 Å². The van der Waals surface area contributed by atoms with Crippen LogP contribution in [0.4, 0.5) is 4.39 Å². The average Bonchev–Trinajstić information content (AvgIpc) is 3.42. The topological polar surface area (TPSA) is 93.2 Å². The monoisotopic (exact) mass is 555 g/mol. The third-order valence-electron chi connectivity index (χ3n) is 8.47. The molecule has 0 radical (unpaired) electrons. The molecular formula is C32H34FN5O3. The molecule has 1 N–H and O–H groups in total. The van der Waals surface area contributed by atoms with Crippen molar-refractivity contribution >= 4 is 11.9 Å². The van der Waals surface area contributed by atoms with Gasteiger partial charge >= 0.3 is 5.97 Å². The fourth-order valence-electron chi connectivity index (χ4n) is 6.39. The lowest BCUT2D eigenvalue weighted by Crippen LogP contribution is -2.44. The highest BCUT2D eigenvalue weighted by atomic mass is 19.1. The number of benzene rings is 2. The van der Waals surface area contributed by atoms with E-state index in [0.717, 1.165) is 49.9 Å². The second-order valence-corrected chi connectivity index (χ2v) is 11.2. The predicted molar refractivity (Wildman–Crippen MR) is 153 cm³/mol. The summed E-state index contributed by atoms with van der Waals surface area (Å²) < 4.78 is 19.6. The highest BCUT2D eigenvalue weighted by Gasteiger charge is 2.45. The van der Waals surface area contributed by atoms with Gasteiger partial charge in [-0.05, 0) is 61.9 Å². The van der Waals surface area contributed by atoms with Crippen LogP contribution in [0.3, 0.4) is 0 Å². The molecule has 4 aromatic rings. The van der Waals surface area contributed by atoms with E-state index in [9.17, 15) is 14.7 Å². The smallest absolute Gasteiger partial charge is 0.337 e. The van der Waals surface area contributed by atoms with Crippen LogP contribution in [-0.2, 0) is 7.05 Å². The molecule has 1 aliphatic heterocycles. The van der Waals surface area contributed by atoms with Crippen LogP contribution in [0, 0.1) is 5.82 Å². The van der Waals surface area contributed by atoms with Crippen molar-refractivity contribution in [2.24, 2.45) is 7.05 Å². The maximum Gasteiger partial charge on any atom is 0.337 e. The largest absolute Gasteiger partial charge is 0.478 e. The summed E-state index contributed by atoms with van der Waals surface area (Å²) in [5, 5.41) is 18.2. The van der Waals surface area contributed by atoms with E-state index in [-0.39, 0.29) is 34.9 Å². The molecule has 2 aromatic carbocycles. The van der Waals surface area contributed by atoms with Gasteiger partial charge in [0.2, 0.25) is 0 Å². The van der Waals surface area contributed by atoms with E-state index in [1.807, 2.05) is 47.0 Å². The maximum absolute atomic E-state index is 16.0. The van der Waals surface area contributed by atoms with Gasteiger partial charge in [-0.3, -0.25) is 9.48 Å². The number of likely N-dealkylation sites (tertiary alicyclic amines) is 1. The molecule has 1 aliphatic carbocycles. The number of aromatic carboxylic acids is 1. The number of carbonyl (C=O) groups excluding carboxylic acids is 1. The zero-order valence-electron chi connectivity index (χ0n) is 23.3. The number of amides is 1. The summed E-state index contributed by atoms with van der Waals surface area (Å²) in [6, 6.07) is 14.1. The lowest BCUT2D eigenvalue weighted by atomic mass is 9.96. The maximum atomic E-state index is 16.0. The first-order chi connectivity index (χ1) is 19.9. The normalized spacial score (nSPS) is 20.3. The Morgan fingerprint density at radius 1 is 1.07 bits per heavy atom. The second kappa shape index (κ2) is 11.0. The van der Waals surface area contributed by atoms with E-state index in [2.05, 4.69) is 17.2 Å². The molecule has 1 saturated heterocycles. The number of hydrogen-bond donors (Lipinski definition) is 1. The van der Waals surface area contributed by atoms with Crippen LogP contribution in [0.2, 0.25) is 0 Å². The van der Waals surface area contributed by atoms with Gasteiger partial charge in [0, 0.05) is 60.8 Å². The van der Waals surface area contributed by atoms with Gasteiger partial charge in [-0.1, -0.05) is 42.8 Å². The van der Waals surface area contributed by atoms with Crippen LogP contribution >= 0.6 is 0 Å². The summed E-state index contributed by atoms with van der Waals surface area (Å²) in [5.41, 5.74) is 3.57. The van der Waals surface area contributed by atoms with Crippen molar-refractivity contribution in [3.63, 3.8) is 0 Å². The van der Waals surface area contributed by atoms with Crippen molar-refractivity contribution < 1.29 is 19.1 Å². The molecule has 9 heteroatoms. The first-order valence-electron chi connectivity index (χ1n) is 14.4. The minimum atomic E-state index is -0.990. The van der Waals surface area contributed by atoms with E-state index in [1.165, 1.54) is 0 Å². The fraction of sp³-hybridized carbons (Fsp3) is 0.375. The van der Waals surface area contributed by atoms with Crippen molar-refractivity contribution in [3.8, 4) is 16.8 Å². The lowest BCUT2D eigenvalue weighted by Gasteiger charge is -2.36. The molecule has 3 heterocycles. The van der Waals surface area contributed by atoms with Gasteiger partial charge in [0.1, 0.15) is 5.82 Å². The zero-order valence-corrected chi connectivity index (χ0v) is 23.3. The molecule has 8 nitrogen and oxygen atoms in total. The first kappa shape index (κ1) is 26.9. The summed E-state index contributed by atoms with van der Waals surface area (Å²) in [7, 11) is 1.81. The third-order valence-corrected chi connectivity index (χ3v) is 8.47. The van der Waals surface area contributed by atoms with E-state index >= 15 is 4.39 Å². The second-order valence-electron chi connectivity index (χ2n) is 11.2. The van der Waals surface area contributed by atoms with Crippen molar-refractivity contribution in [2.45, 2.75) is 63.3 Å². The number of carbonyl (C=O) groups is 2. The Kier molecular flexibility index (Phi) is 7.19. The molecule has 2 unspecified atom stereocenters. The van der Waals surface area contributed by atoms with Crippen LogP contribution in [0.5, 0.6) is 0 Å². The molecule has 41 heavy (non-hydrogen) atoms. The van der Waals surface area contributed by atoms with Gasteiger partial charge in [-0.25, -0.2) is 9.18 Å². The van der Waals surface area contributed by atoms with E-state index < -0.39 is 11.8 Å². The summed E-state index contributed by atoms with van der Waals surface area (Å²) in [4.78, 5) is 27.5. The van der Waals surface area contributed by atoms with E-state index in [4.69, 9.17) is 0 Å². The Morgan fingerprint density at radius 2 is 1.90 bits per heavy atom. The molecule has 0 spiro atoms. The average molecular weight is 556 g/mol. The number of aryl methyl sites for hydroxylation is 1. The zero-order chi connectivity index (χ0) is 28.7. The molecule has 2 fully saturated rings. The molecule has 1 amide bonds. The van der Waals surface area contributed by atoms with Crippen LogP contribution in [0.1, 0.15) is 89.4 Å². The molecule has 6 rings (SSSR count). The van der Waals surface area contributed by atoms with Gasteiger partial charge in [-0.15, -0.1) is 5.10 Å². The number of aromatic nitrogens is 4. The number of carboxylic acids is 1. The molecule has 3 atom stereocenters. The lowest BCUT2D eigenvalue weighted by molar-refractivity contribution is 0.0595. The van der Waals surface area contributed by atoms with Crippen LogP contribution in [0.15, 0.2) is 60.9 Å². The van der Waals surface area contributed by atoms with Crippen LogP contribution in [0.25, 0.3) is 16.8 Å². The first-order valence-corrected chi connectivity index (χ1v) is 14.4. The molecule has 2 aromatic heterocycles. The van der Waals surface area contributed by atoms with Crippen LogP contribution < -0.4 is 0 Å². The number of nitrogens with zero attached hydrogens (tertiary/aromatic N) is 5. The summed E-state index contributed by atoms with van der Waals surface area (Å²) >= 11 is 0. The number of rotatable bonds is 8. The van der Waals surface area contributed by atoms with Crippen molar-refractivity contribution in [3.05, 3.63) is 89.3 Å². The SMILES string of the molecule is CCC[C@@H]1CCCCN1C(=O)c1cccc(-c2cccc(-n3ccc(C(=O)O)c3C3CC3c3cn(C)nn3)c2)c1F. The number of hydrogen-bond acceptors (Lipinski definition) is 4. The van der Waals surface area contributed by atoms with Gasteiger partial charge < -0.3 is 14.6 Å². The highest BCUT2D eigenvalue weighted by Crippen LogP contribution is 2.55. The Labute approximate surface area is 238 Å². The highest BCUT2D eigenvalue weighted by molar-refractivity contribution is 5.96. The minimum Gasteiger partial charge on any atom is -0.478 e. The Hall–Kier alpha value is -4.27. The Bertz CT molecular complexity index is 1610. The number of carboxylic acid groups (broad SMARTS) is 1. The number of piperidine rings is 1.